The number of allylic oxidation sites excluding steroid dienone is 4. The molecular weight excluding hydrogens is 300 g/mol. The van der Waals surface area contributed by atoms with E-state index in [0.717, 1.165) is 17.8 Å². The molecule has 25 heavy (non-hydrogen) atoms. The minimum Gasteiger partial charge on any atom is -0.0917 e. The van der Waals surface area contributed by atoms with Crippen LogP contribution in [0.5, 0.6) is 0 Å². The summed E-state index contributed by atoms with van der Waals surface area (Å²) in [6, 6.07) is 0. The van der Waals surface area contributed by atoms with Crippen LogP contribution in [-0.4, -0.2) is 0 Å². The predicted molar refractivity (Wildman–Crippen MR) is 113 cm³/mol. The van der Waals surface area contributed by atoms with E-state index >= 15 is 0 Å². The van der Waals surface area contributed by atoms with Gasteiger partial charge in [-0.1, -0.05) is 88.5 Å². The van der Waals surface area contributed by atoms with Crippen LogP contribution in [0, 0.1) is 17.8 Å². The molecule has 1 unspecified atom stereocenters. The molecule has 1 saturated carbocycles. The number of unbranched alkanes of at least 4 members (excludes halogenated alkanes) is 5. The topological polar surface area (TPSA) is 0 Å². The molecule has 0 aliphatic heterocycles. The second-order valence-corrected chi connectivity index (χ2v) is 8.84. The maximum atomic E-state index is 2.61. The van der Waals surface area contributed by atoms with E-state index in [4.69, 9.17) is 0 Å². The second-order valence-electron chi connectivity index (χ2n) is 8.84. The van der Waals surface area contributed by atoms with Crippen LogP contribution in [0.3, 0.4) is 0 Å². The summed E-state index contributed by atoms with van der Waals surface area (Å²) >= 11 is 0. The number of rotatable bonds is 11. The lowest BCUT2D eigenvalue weighted by molar-refractivity contribution is 0.185. The molecular formula is C25H44. The number of hydrogen-bond donors (Lipinski definition) is 0. The average Bonchev–Trinajstić information content (AvgIpc) is 2.66. The smallest absolute Gasteiger partial charge is 0.0286 e. The fourth-order valence-electron chi connectivity index (χ4n) is 5.16. The van der Waals surface area contributed by atoms with Crippen LogP contribution in [0.4, 0.5) is 0 Å². The minimum atomic E-state index is 1.01. The summed E-state index contributed by atoms with van der Waals surface area (Å²) in [7, 11) is 0. The summed E-state index contributed by atoms with van der Waals surface area (Å²) in [4.78, 5) is 0. The first kappa shape index (κ1) is 20.8. The largest absolute Gasteiger partial charge is 0.0917 e. The SMILES string of the molecule is C/C=C/CCC1=CCC(C2CCC(CCCCCCCC)CC2)CC1. The Morgan fingerprint density at radius 3 is 2.36 bits per heavy atom. The van der Waals surface area contributed by atoms with Crippen molar-refractivity contribution in [3.63, 3.8) is 0 Å². The van der Waals surface area contributed by atoms with Gasteiger partial charge in [0.25, 0.3) is 0 Å². The third-order valence-electron chi connectivity index (χ3n) is 6.94. The highest BCUT2D eigenvalue weighted by Crippen LogP contribution is 2.41. The summed E-state index contributed by atoms with van der Waals surface area (Å²) in [5, 5.41) is 0. The monoisotopic (exact) mass is 344 g/mol. The van der Waals surface area contributed by atoms with E-state index < -0.39 is 0 Å². The maximum Gasteiger partial charge on any atom is -0.0286 e. The third-order valence-corrected chi connectivity index (χ3v) is 6.94. The van der Waals surface area contributed by atoms with E-state index in [2.05, 4.69) is 32.1 Å². The molecule has 0 aromatic carbocycles. The molecule has 2 rings (SSSR count). The fourth-order valence-corrected chi connectivity index (χ4v) is 5.16. The Hall–Kier alpha value is -0.520. The van der Waals surface area contributed by atoms with Crippen molar-refractivity contribution in [3.8, 4) is 0 Å². The van der Waals surface area contributed by atoms with Gasteiger partial charge in [-0.2, -0.15) is 0 Å². The number of hydrogen-bond acceptors (Lipinski definition) is 0. The van der Waals surface area contributed by atoms with Gasteiger partial charge in [0.1, 0.15) is 0 Å². The Morgan fingerprint density at radius 1 is 0.920 bits per heavy atom. The van der Waals surface area contributed by atoms with Crippen LogP contribution in [0.2, 0.25) is 0 Å². The van der Waals surface area contributed by atoms with Crippen molar-refractivity contribution in [2.24, 2.45) is 17.8 Å². The Labute approximate surface area is 158 Å². The first-order valence-electron chi connectivity index (χ1n) is 11.6. The molecule has 0 radical (unpaired) electrons. The van der Waals surface area contributed by atoms with Crippen molar-refractivity contribution in [2.75, 3.05) is 0 Å². The van der Waals surface area contributed by atoms with Crippen molar-refractivity contribution < 1.29 is 0 Å². The Balaban J connectivity index is 1.56. The van der Waals surface area contributed by atoms with E-state index in [0.29, 0.717) is 0 Å². The zero-order chi connectivity index (χ0) is 17.7. The molecule has 0 heteroatoms. The van der Waals surface area contributed by atoms with Gasteiger partial charge < -0.3 is 0 Å². The van der Waals surface area contributed by atoms with Gasteiger partial charge in [-0.05, 0) is 69.6 Å². The highest BCUT2D eigenvalue weighted by Gasteiger charge is 2.28. The summed E-state index contributed by atoms with van der Waals surface area (Å²) in [6.07, 6.45) is 30.3. The quantitative estimate of drug-likeness (QED) is 0.260. The van der Waals surface area contributed by atoms with Crippen molar-refractivity contribution in [1.29, 1.82) is 0 Å². The lowest BCUT2D eigenvalue weighted by atomic mass is 9.70. The highest BCUT2D eigenvalue weighted by molar-refractivity contribution is 5.08. The minimum absolute atomic E-state index is 1.01. The summed E-state index contributed by atoms with van der Waals surface area (Å²) in [5.74, 6) is 3.13. The van der Waals surface area contributed by atoms with E-state index in [-0.39, 0.29) is 0 Å². The molecule has 0 aromatic rings. The highest BCUT2D eigenvalue weighted by atomic mass is 14.3. The van der Waals surface area contributed by atoms with Crippen molar-refractivity contribution in [2.45, 2.75) is 117 Å². The van der Waals surface area contributed by atoms with Gasteiger partial charge in [-0.3, -0.25) is 0 Å². The molecule has 2 aliphatic rings. The van der Waals surface area contributed by atoms with Crippen molar-refractivity contribution >= 4 is 0 Å². The van der Waals surface area contributed by atoms with Crippen LogP contribution in [0.25, 0.3) is 0 Å². The Bertz CT molecular complexity index is 381. The van der Waals surface area contributed by atoms with Crippen LogP contribution >= 0.6 is 0 Å². The van der Waals surface area contributed by atoms with Gasteiger partial charge >= 0.3 is 0 Å². The molecule has 1 fully saturated rings. The molecule has 0 aromatic heterocycles. The lowest BCUT2D eigenvalue weighted by Crippen LogP contribution is -2.23. The van der Waals surface area contributed by atoms with Gasteiger partial charge in [-0.15, -0.1) is 0 Å². The zero-order valence-corrected chi connectivity index (χ0v) is 17.3. The molecule has 0 nitrogen and oxygen atoms in total. The van der Waals surface area contributed by atoms with E-state index in [9.17, 15) is 0 Å². The average molecular weight is 345 g/mol. The van der Waals surface area contributed by atoms with Crippen LogP contribution < -0.4 is 0 Å². The second kappa shape index (κ2) is 12.8. The first-order chi connectivity index (χ1) is 12.3. The molecule has 0 saturated heterocycles. The molecule has 0 spiro atoms. The summed E-state index contributed by atoms with van der Waals surface area (Å²) < 4.78 is 0. The molecule has 0 N–H and O–H groups in total. The normalized spacial score (nSPS) is 27.6. The Morgan fingerprint density at radius 2 is 1.68 bits per heavy atom. The van der Waals surface area contributed by atoms with Gasteiger partial charge in [0.15, 0.2) is 0 Å². The van der Waals surface area contributed by atoms with Crippen LogP contribution in [0.15, 0.2) is 23.8 Å². The third kappa shape index (κ3) is 8.14. The molecule has 0 amide bonds. The molecule has 2 aliphatic carbocycles. The van der Waals surface area contributed by atoms with Crippen LogP contribution in [-0.2, 0) is 0 Å². The summed E-state index contributed by atoms with van der Waals surface area (Å²) in [5.41, 5.74) is 1.74. The molecule has 0 heterocycles. The van der Waals surface area contributed by atoms with Gasteiger partial charge in [0, 0.05) is 0 Å². The van der Waals surface area contributed by atoms with E-state index in [1.807, 2.05) is 0 Å². The standard InChI is InChI=1S/C25H44/c1-3-5-7-8-9-11-13-23-16-20-25(21-17-23)24-18-14-22(15-19-24)12-10-6-4-2/h4,6,14,23-25H,3,5,7-13,15-21H2,1-2H3/b6-4+. The predicted octanol–water partition coefficient (Wildman–Crippen LogP) is 8.63. The van der Waals surface area contributed by atoms with E-state index in [1.165, 1.54) is 103 Å². The first-order valence-corrected chi connectivity index (χ1v) is 11.6. The van der Waals surface area contributed by atoms with Crippen molar-refractivity contribution in [3.05, 3.63) is 23.8 Å². The zero-order valence-electron chi connectivity index (χ0n) is 17.3. The molecule has 1 atom stereocenters. The van der Waals surface area contributed by atoms with Crippen molar-refractivity contribution in [1.82, 2.24) is 0 Å². The van der Waals surface area contributed by atoms with Crippen LogP contribution in [0.1, 0.15) is 117 Å². The van der Waals surface area contributed by atoms with E-state index in [1.54, 1.807) is 5.57 Å². The fraction of sp³-hybridized carbons (Fsp3) is 0.840. The van der Waals surface area contributed by atoms with Gasteiger partial charge in [0.2, 0.25) is 0 Å². The summed E-state index contributed by atoms with van der Waals surface area (Å²) in [6.45, 7) is 4.44. The lowest BCUT2D eigenvalue weighted by Gasteiger charge is -2.35. The maximum absolute atomic E-state index is 2.61. The van der Waals surface area contributed by atoms with Gasteiger partial charge in [0.05, 0.1) is 0 Å². The molecule has 144 valence electrons. The Kier molecular flexibility index (Phi) is 10.6. The molecule has 0 bridgehead atoms. The van der Waals surface area contributed by atoms with Gasteiger partial charge in [-0.25, -0.2) is 0 Å².